The van der Waals surface area contributed by atoms with Gasteiger partial charge in [0, 0.05) is 45.1 Å². The Morgan fingerprint density at radius 2 is 1.77 bits per heavy atom. The highest BCUT2D eigenvalue weighted by molar-refractivity contribution is 7.89. The van der Waals surface area contributed by atoms with Gasteiger partial charge < -0.3 is 15.0 Å². The second-order valence-electron chi connectivity index (χ2n) is 7.21. The third-order valence-electron chi connectivity index (χ3n) is 4.97. The summed E-state index contributed by atoms with van der Waals surface area (Å²) in [4.78, 5) is 22.5. The van der Waals surface area contributed by atoms with Gasteiger partial charge in [0.05, 0.1) is 18.8 Å². The molecule has 0 saturated carbocycles. The molecule has 1 amide bonds. The molecule has 9 nitrogen and oxygen atoms in total. The maximum atomic E-state index is 12.6. The number of carbonyl (C=O) groups is 1. The minimum Gasteiger partial charge on any atom is -0.494 e. The van der Waals surface area contributed by atoms with Crippen molar-refractivity contribution >= 4 is 21.9 Å². The lowest BCUT2D eigenvalue weighted by Gasteiger charge is -2.33. The third kappa shape index (κ3) is 6.90. The van der Waals surface area contributed by atoms with Crippen molar-refractivity contribution in [3.8, 4) is 5.75 Å². The fourth-order valence-corrected chi connectivity index (χ4v) is 4.84. The van der Waals surface area contributed by atoms with Crippen LogP contribution in [-0.4, -0.2) is 73.7 Å². The van der Waals surface area contributed by atoms with Crippen LogP contribution in [0, 0.1) is 0 Å². The van der Waals surface area contributed by atoms with E-state index in [2.05, 4.69) is 15.3 Å². The van der Waals surface area contributed by atoms with Gasteiger partial charge in [0.1, 0.15) is 5.75 Å². The van der Waals surface area contributed by atoms with Crippen molar-refractivity contribution in [2.45, 2.75) is 19.8 Å². The van der Waals surface area contributed by atoms with E-state index >= 15 is 0 Å². The molecule has 1 aromatic heterocycles. The number of sulfonamides is 1. The van der Waals surface area contributed by atoms with Crippen LogP contribution in [-0.2, 0) is 21.2 Å². The highest BCUT2D eigenvalue weighted by Crippen LogP contribution is 2.14. The zero-order valence-electron chi connectivity index (χ0n) is 17.7. The Morgan fingerprint density at radius 1 is 1.10 bits per heavy atom. The van der Waals surface area contributed by atoms with Crippen molar-refractivity contribution < 1.29 is 17.9 Å². The van der Waals surface area contributed by atoms with Gasteiger partial charge in [0.25, 0.3) is 0 Å². The first-order valence-electron chi connectivity index (χ1n) is 10.5. The number of hydrogen-bond donors (Lipinski definition) is 1. The minimum atomic E-state index is -3.36. The molecule has 2 heterocycles. The Hall–Kier alpha value is -2.72. The van der Waals surface area contributed by atoms with Crippen LogP contribution in [0.25, 0.3) is 0 Å². The summed E-state index contributed by atoms with van der Waals surface area (Å²) in [5.74, 6) is 1.28. The molecule has 3 rings (SSSR count). The summed E-state index contributed by atoms with van der Waals surface area (Å²) in [6.07, 6.45) is 3.98. The van der Waals surface area contributed by atoms with Gasteiger partial charge in [-0.3, -0.25) is 4.79 Å². The van der Waals surface area contributed by atoms with Crippen molar-refractivity contribution in [1.82, 2.24) is 19.6 Å². The summed E-state index contributed by atoms with van der Waals surface area (Å²) in [7, 11) is -3.36. The van der Waals surface area contributed by atoms with Gasteiger partial charge in [-0.05, 0) is 37.1 Å². The van der Waals surface area contributed by atoms with Crippen LogP contribution in [0.15, 0.2) is 42.7 Å². The average molecular weight is 448 g/mol. The number of anilines is 1. The number of benzene rings is 1. The molecular weight excluding hydrogens is 418 g/mol. The molecule has 0 radical (unpaired) electrons. The summed E-state index contributed by atoms with van der Waals surface area (Å²) in [5.41, 5.74) is 0.883. The van der Waals surface area contributed by atoms with Crippen molar-refractivity contribution in [2.75, 3.05) is 50.0 Å². The van der Waals surface area contributed by atoms with Crippen LogP contribution in [0.4, 0.5) is 5.95 Å². The van der Waals surface area contributed by atoms with Crippen LogP contribution >= 0.6 is 0 Å². The van der Waals surface area contributed by atoms with E-state index in [0.29, 0.717) is 51.7 Å². The molecule has 168 valence electrons. The van der Waals surface area contributed by atoms with Crippen LogP contribution in [0.3, 0.4) is 0 Å². The van der Waals surface area contributed by atoms with Gasteiger partial charge in [0.2, 0.25) is 21.9 Å². The highest BCUT2D eigenvalue weighted by Gasteiger charge is 2.27. The van der Waals surface area contributed by atoms with Crippen LogP contribution in [0.1, 0.15) is 18.9 Å². The molecule has 1 N–H and O–H groups in total. The van der Waals surface area contributed by atoms with Gasteiger partial charge in [0.15, 0.2) is 0 Å². The Balaban J connectivity index is 1.36. The van der Waals surface area contributed by atoms with Gasteiger partial charge in [-0.2, -0.15) is 4.31 Å². The molecule has 0 unspecified atom stereocenters. The molecule has 2 aromatic rings. The molecule has 0 atom stereocenters. The lowest BCUT2D eigenvalue weighted by molar-refractivity contribution is -0.120. The van der Waals surface area contributed by atoms with Crippen molar-refractivity contribution in [2.24, 2.45) is 0 Å². The van der Waals surface area contributed by atoms with Crippen molar-refractivity contribution in [3.63, 3.8) is 0 Å². The summed E-state index contributed by atoms with van der Waals surface area (Å²) in [6, 6.07) is 9.14. The van der Waals surface area contributed by atoms with Gasteiger partial charge in [-0.15, -0.1) is 0 Å². The molecular formula is C21H29N5O4S. The molecule has 0 bridgehead atoms. The highest BCUT2D eigenvalue weighted by atomic mass is 32.2. The molecule has 0 aliphatic carbocycles. The number of hydrogen-bond acceptors (Lipinski definition) is 7. The summed E-state index contributed by atoms with van der Waals surface area (Å²) < 4.78 is 32.1. The SMILES string of the molecule is CCOc1ccc(CC(=O)NCCCS(=O)(=O)N2CCN(c3ncccn3)CC2)cc1. The zero-order chi connectivity index (χ0) is 22.1. The molecule has 1 saturated heterocycles. The predicted octanol–water partition coefficient (Wildman–Crippen LogP) is 1.08. The van der Waals surface area contributed by atoms with Crippen LogP contribution in [0.5, 0.6) is 5.75 Å². The second kappa shape index (κ2) is 11.1. The fraction of sp³-hybridized carbons (Fsp3) is 0.476. The van der Waals surface area contributed by atoms with Gasteiger partial charge in [-0.25, -0.2) is 18.4 Å². The molecule has 1 aliphatic rings. The number of nitrogens with zero attached hydrogens (tertiary/aromatic N) is 4. The topological polar surface area (TPSA) is 105 Å². The fourth-order valence-electron chi connectivity index (χ4n) is 3.35. The average Bonchev–Trinajstić information content (AvgIpc) is 2.79. The second-order valence-corrected chi connectivity index (χ2v) is 9.30. The number of aromatic nitrogens is 2. The van der Waals surface area contributed by atoms with Crippen molar-refractivity contribution in [1.29, 1.82) is 0 Å². The maximum Gasteiger partial charge on any atom is 0.225 e. The number of piperazine rings is 1. The monoisotopic (exact) mass is 447 g/mol. The molecule has 31 heavy (non-hydrogen) atoms. The Kier molecular flexibility index (Phi) is 8.19. The van der Waals surface area contributed by atoms with Gasteiger partial charge in [-0.1, -0.05) is 12.1 Å². The first-order valence-corrected chi connectivity index (χ1v) is 12.1. The van der Waals surface area contributed by atoms with E-state index in [9.17, 15) is 13.2 Å². The number of amides is 1. The lowest BCUT2D eigenvalue weighted by atomic mass is 10.1. The first-order chi connectivity index (χ1) is 15.0. The molecule has 1 fully saturated rings. The summed E-state index contributed by atoms with van der Waals surface area (Å²) >= 11 is 0. The van der Waals surface area contributed by atoms with Gasteiger partial charge >= 0.3 is 0 Å². The molecule has 1 aromatic carbocycles. The van der Waals surface area contributed by atoms with E-state index in [1.807, 2.05) is 36.1 Å². The number of rotatable bonds is 10. The Morgan fingerprint density at radius 3 is 2.42 bits per heavy atom. The quantitative estimate of drug-likeness (QED) is 0.543. The molecule has 0 spiro atoms. The Labute approximate surface area is 183 Å². The van der Waals surface area contributed by atoms with Crippen LogP contribution in [0.2, 0.25) is 0 Å². The summed E-state index contributed by atoms with van der Waals surface area (Å²) in [6.45, 7) is 4.77. The smallest absolute Gasteiger partial charge is 0.225 e. The van der Waals surface area contributed by atoms with E-state index in [-0.39, 0.29) is 18.1 Å². The standard InChI is InChI=1S/C21H29N5O4S/c1-2-30-19-7-5-18(6-8-19)17-20(27)22-11-4-16-31(28,29)26-14-12-25(13-15-26)21-23-9-3-10-24-21/h3,5-10H,2,4,11-17H2,1H3,(H,22,27). The molecule has 10 heteroatoms. The van der Waals surface area contributed by atoms with E-state index in [1.54, 1.807) is 18.5 Å². The zero-order valence-corrected chi connectivity index (χ0v) is 18.6. The molecule has 1 aliphatic heterocycles. The third-order valence-corrected chi connectivity index (χ3v) is 6.92. The normalized spacial score (nSPS) is 14.9. The van der Waals surface area contributed by atoms with Crippen molar-refractivity contribution in [3.05, 3.63) is 48.3 Å². The number of carbonyl (C=O) groups excluding carboxylic acids is 1. The number of nitrogens with one attached hydrogen (secondary N) is 1. The number of ether oxygens (including phenoxy) is 1. The predicted molar refractivity (Wildman–Crippen MR) is 119 cm³/mol. The summed E-state index contributed by atoms with van der Waals surface area (Å²) in [5, 5.41) is 2.80. The van der Waals surface area contributed by atoms with E-state index in [0.717, 1.165) is 11.3 Å². The first kappa shape index (κ1) is 23.0. The largest absolute Gasteiger partial charge is 0.494 e. The van der Waals surface area contributed by atoms with E-state index < -0.39 is 10.0 Å². The van der Waals surface area contributed by atoms with E-state index in [4.69, 9.17) is 4.74 Å². The lowest BCUT2D eigenvalue weighted by Crippen LogP contribution is -2.49. The maximum absolute atomic E-state index is 12.6. The minimum absolute atomic E-state index is 0.0121. The Bertz CT molecular complexity index is 930. The van der Waals surface area contributed by atoms with E-state index in [1.165, 1.54) is 4.31 Å². The van der Waals surface area contributed by atoms with Crippen LogP contribution < -0.4 is 15.0 Å².